The van der Waals surface area contributed by atoms with Gasteiger partial charge in [0.2, 0.25) is 5.95 Å². The third-order valence-corrected chi connectivity index (χ3v) is 3.77. The summed E-state index contributed by atoms with van der Waals surface area (Å²) in [6, 6.07) is 15.2. The van der Waals surface area contributed by atoms with Crippen LogP contribution in [0.1, 0.15) is 12.1 Å². The molecule has 0 aliphatic heterocycles. The molecule has 0 fully saturated rings. The summed E-state index contributed by atoms with van der Waals surface area (Å²) in [5, 5.41) is 10.8. The molecular weight excluding hydrogens is 328 g/mol. The zero-order valence-corrected chi connectivity index (χ0v) is 14.6. The van der Waals surface area contributed by atoms with Crippen molar-refractivity contribution in [3.8, 4) is 0 Å². The number of urea groups is 1. The Kier molecular flexibility index (Phi) is 5.60. The van der Waals surface area contributed by atoms with Crippen LogP contribution in [0.15, 0.2) is 48.5 Å². The minimum atomic E-state index is -0.390. The molecule has 0 saturated heterocycles. The first kappa shape index (κ1) is 17.6. The molecule has 134 valence electrons. The highest BCUT2D eigenvalue weighted by atomic mass is 16.2. The Morgan fingerprint density at radius 3 is 2.65 bits per heavy atom. The normalized spacial score (nSPS) is 10.5. The fourth-order valence-corrected chi connectivity index (χ4v) is 2.56. The van der Waals surface area contributed by atoms with Crippen molar-refractivity contribution in [2.24, 2.45) is 5.73 Å². The highest BCUT2D eigenvalue weighted by Gasteiger charge is 2.07. The molecule has 0 saturated carbocycles. The molecule has 7 nitrogen and oxygen atoms in total. The number of nitrogens with two attached hydrogens (primary N) is 1. The summed E-state index contributed by atoms with van der Waals surface area (Å²) in [5.41, 5.74) is 6.95. The van der Waals surface area contributed by atoms with E-state index in [9.17, 15) is 4.79 Å². The Bertz CT molecular complexity index is 911. The highest BCUT2D eigenvalue weighted by Crippen LogP contribution is 2.19. The van der Waals surface area contributed by atoms with Gasteiger partial charge in [-0.05, 0) is 42.8 Å². The molecule has 0 radical (unpaired) electrons. The lowest BCUT2D eigenvalue weighted by Crippen LogP contribution is -2.21. The predicted molar refractivity (Wildman–Crippen MR) is 106 cm³/mol. The summed E-state index contributed by atoms with van der Waals surface area (Å²) in [4.78, 5) is 20.8. The first-order valence-electron chi connectivity index (χ1n) is 8.50. The van der Waals surface area contributed by atoms with E-state index in [-0.39, 0.29) is 5.95 Å². The molecule has 2 amide bonds. The van der Waals surface area contributed by atoms with E-state index in [1.165, 1.54) is 0 Å². The number of hydrogen-bond donors (Lipinski definition) is 4. The summed E-state index contributed by atoms with van der Waals surface area (Å²) < 4.78 is 0. The Hall–Kier alpha value is -3.19. The van der Waals surface area contributed by atoms with E-state index in [4.69, 9.17) is 5.73 Å². The van der Waals surface area contributed by atoms with E-state index in [1.54, 1.807) is 0 Å². The van der Waals surface area contributed by atoms with Gasteiger partial charge in [0.25, 0.3) is 0 Å². The Labute approximate surface area is 152 Å². The largest absolute Gasteiger partial charge is 0.370 e. The number of carbonyl (C=O) groups is 1. The van der Waals surface area contributed by atoms with Crippen LogP contribution < -0.4 is 21.7 Å². The van der Waals surface area contributed by atoms with Crippen molar-refractivity contribution in [1.29, 1.82) is 0 Å². The molecule has 1 heterocycles. The number of nitrogens with one attached hydrogen (secondary N) is 3. The number of rotatable bonds is 6. The highest BCUT2D eigenvalue weighted by molar-refractivity contribution is 6.00. The SMILES string of the molecule is Cc1cc(NCCCN)nc(NC(=O)Nc2ccc3ccccc3c2)n1. The van der Waals surface area contributed by atoms with Crippen LogP contribution in [0.4, 0.5) is 22.2 Å². The van der Waals surface area contributed by atoms with Gasteiger partial charge in [0.05, 0.1) is 0 Å². The van der Waals surface area contributed by atoms with Crippen LogP contribution in [0.5, 0.6) is 0 Å². The van der Waals surface area contributed by atoms with Crippen molar-refractivity contribution >= 4 is 34.3 Å². The van der Waals surface area contributed by atoms with Crippen molar-refractivity contribution in [2.45, 2.75) is 13.3 Å². The van der Waals surface area contributed by atoms with Gasteiger partial charge in [0.1, 0.15) is 5.82 Å². The van der Waals surface area contributed by atoms with Crippen LogP contribution in [0.2, 0.25) is 0 Å². The molecule has 3 rings (SSSR count). The molecule has 0 aliphatic rings. The van der Waals surface area contributed by atoms with Crippen molar-refractivity contribution in [3.05, 3.63) is 54.2 Å². The van der Waals surface area contributed by atoms with Gasteiger partial charge in [0, 0.05) is 24.0 Å². The molecule has 0 aliphatic carbocycles. The maximum absolute atomic E-state index is 12.3. The summed E-state index contributed by atoms with van der Waals surface area (Å²) in [6.07, 6.45) is 0.842. The average molecular weight is 350 g/mol. The monoisotopic (exact) mass is 350 g/mol. The van der Waals surface area contributed by atoms with Crippen LogP contribution in [0.25, 0.3) is 10.8 Å². The number of aryl methyl sites for hydroxylation is 1. The lowest BCUT2D eigenvalue weighted by Gasteiger charge is -2.10. The third kappa shape index (κ3) is 4.67. The minimum Gasteiger partial charge on any atom is -0.370 e. The number of amides is 2. The van der Waals surface area contributed by atoms with Gasteiger partial charge in [-0.2, -0.15) is 4.98 Å². The van der Waals surface area contributed by atoms with E-state index in [0.29, 0.717) is 18.1 Å². The first-order chi connectivity index (χ1) is 12.6. The second-order valence-electron chi connectivity index (χ2n) is 5.93. The number of anilines is 3. The van der Waals surface area contributed by atoms with E-state index >= 15 is 0 Å². The minimum absolute atomic E-state index is 0.249. The molecule has 0 bridgehead atoms. The molecule has 0 unspecified atom stereocenters. The molecule has 0 atom stereocenters. The number of benzene rings is 2. The molecule has 0 spiro atoms. The van der Waals surface area contributed by atoms with Crippen LogP contribution in [-0.4, -0.2) is 29.1 Å². The fourth-order valence-electron chi connectivity index (χ4n) is 2.56. The van der Waals surface area contributed by atoms with Crippen LogP contribution in [0, 0.1) is 6.92 Å². The van der Waals surface area contributed by atoms with Crippen molar-refractivity contribution in [2.75, 3.05) is 29.0 Å². The number of fused-ring (bicyclic) bond motifs is 1. The molecule has 7 heteroatoms. The maximum atomic E-state index is 12.3. The van der Waals surface area contributed by atoms with E-state index in [1.807, 2.05) is 55.5 Å². The quantitative estimate of drug-likeness (QED) is 0.510. The van der Waals surface area contributed by atoms with Gasteiger partial charge >= 0.3 is 6.03 Å². The Balaban J connectivity index is 1.66. The van der Waals surface area contributed by atoms with Crippen LogP contribution >= 0.6 is 0 Å². The maximum Gasteiger partial charge on any atom is 0.326 e. The average Bonchev–Trinajstić information content (AvgIpc) is 2.61. The Morgan fingerprint density at radius 1 is 1.04 bits per heavy atom. The van der Waals surface area contributed by atoms with Gasteiger partial charge < -0.3 is 16.4 Å². The standard InChI is InChI=1S/C19H22N6O/c1-13-11-17(21-10-4-9-20)24-18(22-13)25-19(26)23-16-8-7-14-5-2-3-6-15(14)12-16/h2-3,5-8,11-12H,4,9-10,20H2,1H3,(H3,21,22,23,24,25,26). The second kappa shape index (κ2) is 8.26. The molecule has 3 aromatic rings. The smallest absolute Gasteiger partial charge is 0.326 e. The number of nitrogens with zero attached hydrogens (tertiary/aromatic N) is 2. The summed E-state index contributed by atoms with van der Waals surface area (Å²) >= 11 is 0. The number of carbonyl (C=O) groups excluding carboxylic acids is 1. The molecule has 5 N–H and O–H groups in total. The van der Waals surface area contributed by atoms with Crippen molar-refractivity contribution < 1.29 is 4.79 Å². The second-order valence-corrected chi connectivity index (χ2v) is 5.93. The summed E-state index contributed by atoms with van der Waals surface area (Å²) in [5.74, 6) is 0.908. The van der Waals surface area contributed by atoms with Crippen molar-refractivity contribution in [1.82, 2.24) is 9.97 Å². The fraction of sp³-hybridized carbons (Fsp3) is 0.211. The topological polar surface area (TPSA) is 105 Å². The first-order valence-corrected chi connectivity index (χ1v) is 8.50. The van der Waals surface area contributed by atoms with Crippen LogP contribution in [0.3, 0.4) is 0 Å². The molecule has 2 aromatic carbocycles. The van der Waals surface area contributed by atoms with E-state index < -0.39 is 6.03 Å². The molecular formula is C19H22N6O. The van der Waals surface area contributed by atoms with Crippen LogP contribution in [-0.2, 0) is 0 Å². The van der Waals surface area contributed by atoms with Gasteiger partial charge in [-0.15, -0.1) is 0 Å². The number of aromatic nitrogens is 2. The van der Waals surface area contributed by atoms with Gasteiger partial charge in [-0.1, -0.05) is 30.3 Å². The zero-order chi connectivity index (χ0) is 18.4. The third-order valence-electron chi connectivity index (χ3n) is 3.77. The van der Waals surface area contributed by atoms with Gasteiger partial charge in [0.15, 0.2) is 0 Å². The number of hydrogen-bond acceptors (Lipinski definition) is 5. The molecule has 26 heavy (non-hydrogen) atoms. The summed E-state index contributed by atoms with van der Waals surface area (Å²) in [6.45, 7) is 3.17. The predicted octanol–water partition coefficient (Wildman–Crippen LogP) is 3.34. The van der Waals surface area contributed by atoms with Gasteiger partial charge in [-0.3, -0.25) is 5.32 Å². The van der Waals surface area contributed by atoms with E-state index in [0.717, 1.165) is 29.4 Å². The summed E-state index contributed by atoms with van der Waals surface area (Å²) in [7, 11) is 0. The Morgan fingerprint density at radius 2 is 1.85 bits per heavy atom. The lowest BCUT2D eigenvalue weighted by atomic mass is 10.1. The van der Waals surface area contributed by atoms with E-state index in [2.05, 4.69) is 25.9 Å². The zero-order valence-electron chi connectivity index (χ0n) is 14.6. The molecule has 1 aromatic heterocycles. The lowest BCUT2D eigenvalue weighted by molar-refractivity contribution is 0.262. The van der Waals surface area contributed by atoms with Crippen molar-refractivity contribution in [3.63, 3.8) is 0 Å². The van der Waals surface area contributed by atoms with Gasteiger partial charge in [-0.25, -0.2) is 9.78 Å².